The summed E-state index contributed by atoms with van der Waals surface area (Å²) in [6, 6.07) is 10.6. The molecule has 0 saturated heterocycles. The first kappa shape index (κ1) is 16.5. The van der Waals surface area contributed by atoms with Gasteiger partial charge in [-0.2, -0.15) is 0 Å². The van der Waals surface area contributed by atoms with E-state index in [0.717, 1.165) is 0 Å². The van der Waals surface area contributed by atoms with Gasteiger partial charge in [0.05, 0.1) is 0 Å². The van der Waals surface area contributed by atoms with Gasteiger partial charge < -0.3 is 5.32 Å². The van der Waals surface area contributed by atoms with Crippen LogP contribution in [0.4, 0.5) is 0 Å². The lowest BCUT2D eigenvalue weighted by molar-refractivity contribution is 0.101. The number of nitrogens with one attached hydrogen (secondary N) is 1. The van der Waals surface area contributed by atoms with Gasteiger partial charge in [0.1, 0.15) is 0 Å². The van der Waals surface area contributed by atoms with E-state index in [1.165, 1.54) is 36.9 Å². The summed E-state index contributed by atoms with van der Waals surface area (Å²) in [5.41, 5.74) is 3.05. The molecule has 0 saturated carbocycles. The molecule has 0 spiro atoms. The van der Waals surface area contributed by atoms with Crippen LogP contribution in [0.2, 0.25) is 0 Å². The second kappa shape index (κ2) is 7.42. The lowest BCUT2D eigenvalue weighted by Gasteiger charge is -2.40. The fourth-order valence-corrected chi connectivity index (χ4v) is 3.80. The Balaban J connectivity index is 2.33. The van der Waals surface area contributed by atoms with Gasteiger partial charge >= 0.3 is 0 Å². The van der Waals surface area contributed by atoms with Gasteiger partial charge in [-0.3, -0.25) is 4.90 Å². The van der Waals surface area contributed by atoms with Crippen LogP contribution < -0.4 is 5.32 Å². The molecule has 0 heterocycles. The summed E-state index contributed by atoms with van der Waals surface area (Å²) in [6.45, 7) is 10.5. The molecule has 1 aromatic rings. The fourth-order valence-electron chi connectivity index (χ4n) is 3.80. The highest BCUT2D eigenvalue weighted by Crippen LogP contribution is 2.33. The number of hydrogen-bond acceptors (Lipinski definition) is 2. The number of aryl methyl sites for hydroxylation is 1. The third-order valence-corrected chi connectivity index (χ3v) is 4.70. The van der Waals surface area contributed by atoms with Gasteiger partial charge in [0.15, 0.2) is 0 Å². The minimum Gasteiger partial charge on any atom is -0.312 e. The first-order chi connectivity index (χ1) is 10.0. The predicted molar refractivity (Wildman–Crippen MR) is 91.6 cm³/mol. The van der Waals surface area contributed by atoms with E-state index < -0.39 is 0 Å². The van der Waals surface area contributed by atoms with Gasteiger partial charge in [-0.1, -0.05) is 38.1 Å². The van der Waals surface area contributed by atoms with Crippen LogP contribution >= 0.6 is 0 Å². The van der Waals surface area contributed by atoms with Crippen LogP contribution in [0.25, 0.3) is 0 Å². The van der Waals surface area contributed by atoms with Crippen LogP contribution in [-0.2, 0) is 6.42 Å². The van der Waals surface area contributed by atoms with Gasteiger partial charge in [0.25, 0.3) is 0 Å². The molecule has 1 aliphatic carbocycles. The van der Waals surface area contributed by atoms with Crippen molar-refractivity contribution >= 4 is 0 Å². The summed E-state index contributed by atoms with van der Waals surface area (Å²) in [4.78, 5) is 2.72. The van der Waals surface area contributed by atoms with Crippen molar-refractivity contribution in [2.75, 3.05) is 13.6 Å². The zero-order valence-corrected chi connectivity index (χ0v) is 14.4. The van der Waals surface area contributed by atoms with Gasteiger partial charge in [0.2, 0.25) is 0 Å². The Morgan fingerprint density at radius 2 is 1.90 bits per heavy atom. The minimum absolute atomic E-state index is 0.449. The predicted octanol–water partition coefficient (Wildman–Crippen LogP) is 4.02. The maximum Gasteiger partial charge on any atom is 0.0478 e. The van der Waals surface area contributed by atoms with E-state index in [1.54, 1.807) is 0 Å². The molecule has 0 aliphatic heterocycles. The number of hydrogen-bond donors (Lipinski definition) is 1. The largest absolute Gasteiger partial charge is 0.312 e. The lowest BCUT2D eigenvalue weighted by atomic mass is 9.93. The third-order valence-electron chi connectivity index (χ3n) is 4.70. The summed E-state index contributed by atoms with van der Waals surface area (Å²) >= 11 is 0. The van der Waals surface area contributed by atoms with E-state index >= 15 is 0 Å². The smallest absolute Gasteiger partial charge is 0.0478 e. The van der Waals surface area contributed by atoms with Crippen LogP contribution in [0.15, 0.2) is 24.3 Å². The zero-order valence-electron chi connectivity index (χ0n) is 14.4. The van der Waals surface area contributed by atoms with Crippen molar-refractivity contribution in [2.24, 2.45) is 5.92 Å². The molecule has 2 nitrogen and oxygen atoms in total. The first-order valence-electron chi connectivity index (χ1n) is 8.55. The van der Waals surface area contributed by atoms with Crippen molar-refractivity contribution in [3.8, 4) is 0 Å². The summed E-state index contributed by atoms with van der Waals surface area (Å²) in [5.74, 6) is 0.711. The zero-order chi connectivity index (χ0) is 15.4. The van der Waals surface area contributed by atoms with Gasteiger partial charge in [-0.15, -0.1) is 0 Å². The van der Waals surface area contributed by atoms with Crippen molar-refractivity contribution in [2.45, 2.75) is 65.1 Å². The van der Waals surface area contributed by atoms with Crippen molar-refractivity contribution in [1.29, 1.82) is 0 Å². The Morgan fingerprint density at radius 1 is 1.19 bits per heavy atom. The van der Waals surface area contributed by atoms with E-state index in [1.807, 2.05) is 0 Å². The number of fused-ring (bicyclic) bond motifs is 1. The maximum absolute atomic E-state index is 3.62. The Morgan fingerprint density at radius 3 is 2.52 bits per heavy atom. The number of benzene rings is 1. The molecule has 2 atom stereocenters. The molecule has 0 bridgehead atoms. The summed E-state index contributed by atoms with van der Waals surface area (Å²) in [5, 5.41) is 3.62. The highest BCUT2D eigenvalue weighted by molar-refractivity contribution is 5.32. The molecule has 2 unspecified atom stereocenters. The number of likely N-dealkylation sites (N-methyl/N-ethyl adjacent to an activating group) is 1. The third kappa shape index (κ3) is 3.87. The SMILES string of the molecule is CNC1c2ccccc2CCCC1N(CC(C)C)C(C)C. The van der Waals surface area contributed by atoms with Crippen molar-refractivity contribution in [1.82, 2.24) is 10.2 Å². The van der Waals surface area contributed by atoms with Crippen LogP contribution in [0.5, 0.6) is 0 Å². The van der Waals surface area contributed by atoms with Crippen molar-refractivity contribution in [3.63, 3.8) is 0 Å². The topological polar surface area (TPSA) is 15.3 Å². The van der Waals surface area contributed by atoms with E-state index in [-0.39, 0.29) is 0 Å². The molecular formula is C19H32N2. The Bertz CT molecular complexity index is 439. The maximum atomic E-state index is 3.62. The Hall–Kier alpha value is -0.860. The van der Waals surface area contributed by atoms with Crippen molar-refractivity contribution in [3.05, 3.63) is 35.4 Å². The standard InChI is InChI=1S/C19H32N2/c1-14(2)13-21(15(3)4)18-12-8-10-16-9-6-7-11-17(16)19(18)20-5/h6-7,9,11,14-15,18-20H,8,10,12-13H2,1-5H3. The van der Waals surface area contributed by atoms with E-state index in [4.69, 9.17) is 0 Å². The normalized spacial score (nSPS) is 22.7. The molecule has 21 heavy (non-hydrogen) atoms. The first-order valence-corrected chi connectivity index (χ1v) is 8.55. The highest BCUT2D eigenvalue weighted by atomic mass is 15.2. The molecule has 0 fully saturated rings. The molecule has 1 aromatic carbocycles. The molecule has 1 N–H and O–H groups in total. The average Bonchev–Trinajstić information content (AvgIpc) is 2.63. The van der Waals surface area contributed by atoms with Crippen LogP contribution in [0, 0.1) is 5.92 Å². The number of rotatable bonds is 5. The molecular weight excluding hydrogens is 256 g/mol. The minimum atomic E-state index is 0.449. The Kier molecular flexibility index (Phi) is 5.83. The summed E-state index contributed by atoms with van der Waals surface area (Å²) in [7, 11) is 2.12. The van der Waals surface area contributed by atoms with E-state index in [9.17, 15) is 0 Å². The Labute approximate surface area is 130 Å². The summed E-state index contributed by atoms with van der Waals surface area (Å²) < 4.78 is 0. The second-order valence-electron chi connectivity index (χ2n) is 7.11. The molecule has 2 heteroatoms. The fraction of sp³-hybridized carbons (Fsp3) is 0.684. The molecule has 1 aliphatic rings. The molecule has 2 rings (SSSR count). The van der Waals surface area contributed by atoms with Gasteiger partial charge in [-0.05, 0) is 57.2 Å². The molecule has 0 aromatic heterocycles. The lowest BCUT2D eigenvalue weighted by Crippen LogP contribution is -2.48. The van der Waals surface area contributed by atoms with Crippen LogP contribution in [0.1, 0.15) is 57.7 Å². The van der Waals surface area contributed by atoms with E-state index in [0.29, 0.717) is 24.0 Å². The van der Waals surface area contributed by atoms with Crippen molar-refractivity contribution < 1.29 is 0 Å². The van der Waals surface area contributed by atoms with Gasteiger partial charge in [0, 0.05) is 24.7 Å². The highest BCUT2D eigenvalue weighted by Gasteiger charge is 2.32. The average molecular weight is 288 g/mol. The van der Waals surface area contributed by atoms with Gasteiger partial charge in [-0.25, -0.2) is 0 Å². The second-order valence-corrected chi connectivity index (χ2v) is 7.11. The molecule has 118 valence electrons. The van der Waals surface area contributed by atoms with Crippen LogP contribution in [-0.4, -0.2) is 30.6 Å². The van der Waals surface area contributed by atoms with E-state index in [2.05, 4.69) is 69.2 Å². The summed E-state index contributed by atoms with van der Waals surface area (Å²) in [6.07, 6.45) is 3.80. The monoisotopic (exact) mass is 288 g/mol. The number of nitrogens with zero attached hydrogens (tertiary/aromatic N) is 1. The van der Waals surface area contributed by atoms with Crippen LogP contribution in [0.3, 0.4) is 0 Å². The molecule has 0 amide bonds. The quantitative estimate of drug-likeness (QED) is 0.823. The molecule has 0 radical (unpaired) electrons.